The predicted octanol–water partition coefficient (Wildman–Crippen LogP) is 5.54. The van der Waals surface area contributed by atoms with Crippen LogP contribution in [0.3, 0.4) is 0 Å². The van der Waals surface area contributed by atoms with Crippen molar-refractivity contribution in [2.45, 2.75) is 6.92 Å². The van der Waals surface area contributed by atoms with Gasteiger partial charge in [-0.3, -0.25) is 0 Å². The molecule has 0 aliphatic rings. The molecule has 32 heavy (non-hydrogen) atoms. The molecule has 0 aliphatic carbocycles. The summed E-state index contributed by atoms with van der Waals surface area (Å²) in [6, 6.07) is 14.8. The van der Waals surface area contributed by atoms with E-state index < -0.39 is 0 Å². The van der Waals surface area contributed by atoms with Crippen LogP contribution in [0, 0.1) is 18.3 Å². The topological polar surface area (TPSA) is 102 Å². The summed E-state index contributed by atoms with van der Waals surface area (Å²) in [5.41, 5.74) is 3.79. The van der Waals surface area contributed by atoms with Gasteiger partial charge < -0.3 is 15.6 Å². The highest BCUT2D eigenvalue weighted by Gasteiger charge is 2.15. The van der Waals surface area contributed by atoms with Crippen LogP contribution in [-0.4, -0.2) is 33.0 Å². The molecule has 0 spiro atoms. The van der Waals surface area contributed by atoms with Gasteiger partial charge in [-0.25, -0.2) is 15.0 Å². The molecule has 0 radical (unpaired) electrons. The Morgan fingerprint density at radius 3 is 2.34 bits per heavy atom. The van der Waals surface area contributed by atoms with Crippen LogP contribution < -0.4 is 10.6 Å². The molecule has 1 aromatic carbocycles. The molecule has 0 bridgehead atoms. The molecule has 4 aromatic rings. The number of pyridine rings is 2. The van der Waals surface area contributed by atoms with Crippen LogP contribution in [0.2, 0.25) is 10.0 Å². The van der Waals surface area contributed by atoms with Crippen molar-refractivity contribution in [1.29, 1.82) is 5.26 Å². The van der Waals surface area contributed by atoms with Gasteiger partial charge in [-0.2, -0.15) is 5.26 Å². The molecule has 3 N–H and O–H groups in total. The van der Waals surface area contributed by atoms with E-state index in [1.54, 1.807) is 30.5 Å². The van der Waals surface area contributed by atoms with E-state index >= 15 is 0 Å². The van der Waals surface area contributed by atoms with Crippen molar-refractivity contribution in [3.63, 3.8) is 0 Å². The van der Waals surface area contributed by atoms with E-state index in [0.29, 0.717) is 46.0 Å². The van der Waals surface area contributed by atoms with E-state index in [1.165, 1.54) is 6.20 Å². The average Bonchev–Trinajstić information content (AvgIpc) is 3.23. The number of benzene rings is 1. The molecule has 0 aliphatic heterocycles. The van der Waals surface area contributed by atoms with Gasteiger partial charge in [-0.1, -0.05) is 23.2 Å². The van der Waals surface area contributed by atoms with Crippen LogP contribution in [-0.2, 0) is 0 Å². The maximum Gasteiger partial charge on any atom is 0.139 e. The highest BCUT2D eigenvalue weighted by atomic mass is 35.5. The first kappa shape index (κ1) is 21.6. The molecule has 7 nitrogen and oxygen atoms in total. The lowest BCUT2D eigenvalue weighted by atomic mass is 10.0. The first-order valence-electron chi connectivity index (χ1n) is 9.86. The van der Waals surface area contributed by atoms with Crippen LogP contribution in [0.25, 0.3) is 22.6 Å². The summed E-state index contributed by atoms with van der Waals surface area (Å²) in [6.07, 6.45) is 3.31. The summed E-state index contributed by atoms with van der Waals surface area (Å²) in [5.74, 6) is 2.12. The van der Waals surface area contributed by atoms with Crippen molar-refractivity contribution in [3.05, 3.63) is 76.2 Å². The molecule has 3 heterocycles. The van der Waals surface area contributed by atoms with E-state index in [2.05, 4.69) is 31.7 Å². The predicted molar refractivity (Wildman–Crippen MR) is 128 cm³/mol. The zero-order valence-corrected chi connectivity index (χ0v) is 18.7. The number of aromatic nitrogens is 4. The summed E-state index contributed by atoms with van der Waals surface area (Å²) < 4.78 is 0. The smallest absolute Gasteiger partial charge is 0.139 e. The third kappa shape index (κ3) is 4.99. The Morgan fingerprint density at radius 2 is 1.69 bits per heavy atom. The zero-order valence-electron chi connectivity index (χ0n) is 17.2. The second-order valence-electron chi connectivity index (χ2n) is 7.03. The largest absolute Gasteiger partial charge is 0.368 e. The summed E-state index contributed by atoms with van der Waals surface area (Å²) in [6.45, 7) is 3.18. The first-order chi connectivity index (χ1) is 15.5. The number of anilines is 2. The number of nitrogens with zero attached hydrogens (tertiary/aromatic N) is 4. The van der Waals surface area contributed by atoms with Crippen molar-refractivity contribution in [1.82, 2.24) is 19.9 Å². The van der Waals surface area contributed by atoms with E-state index in [0.717, 1.165) is 22.6 Å². The second kappa shape index (κ2) is 9.69. The van der Waals surface area contributed by atoms with Gasteiger partial charge in [-0.15, -0.1) is 0 Å². The fourth-order valence-electron chi connectivity index (χ4n) is 3.13. The van der Waals surface area contributed by atoms with E-state index in [4.69, 9.17) is 33.4 Å². The number of hydrogen-bond acceptors (Lipinski definition) is 6. The second-order valence-corrected chi connectivity index (χ2v) is 7.87. The summed E-state index contributed by atoms with van der Waals surface area (Å²) in [4.78, 5) is 16.7. The Labute approximate surface area is 195 Å². The number of aryl methyl sites for hydroxylation is 1. The lowest BCUT2D eigenvalue weighted by Crippen LogP contribution is -2.15. The highest BCUT2D eigenvalue weighted by molar-refractivity contribution is 6.36. The summed E-state index contributed by atoms with van der Waals surface area (Å²) >= 11 is 12.6. The standard InChI is InChI=1S/C23H19Cl2N7/c1-14-12-30-23(31-14)18-5-7-21(32-22(18)17-4-3-16(24)10-19(17)25)28-9-8-27-20-6-2-15(11-26)13-29-20/h2-7,10,12-13H,8-9H2,1H3,(H,27,29)(H,28,32)(H,30,31). The third-order valence-electron chi connectivity index (χ3n) is 4.67. The van der Waals surface area contributed by atoms with Crippen molar-refractivity contribution in [2.75, 3.05) is 23.7 Å². The summed E-state index contributed by atoms with van der Waals surface area (Å²) in [7, 11) is 0. The van der Waals surface area contributed by atoms with Gasteiger partial charge >= 0.3 is 0 Å². The maximum absolute atomic E-state index is 8.85. The Morgan fingerprint density at radius 1 is 0.938 bits per heavy atom. The zero-order chi connectivity index (χ0) is 22.5. The number of halogens is 2. The van der Waals surface area contributed by atoms with Gasteiger partial charge in [0.2, 0.25) is 0 Å². The number of nitrogens with one attached hydrogen (secondary N) is 3. The van der Waals surface area contributed by atoms with Crippen LogP contribution in [0.4, 0.5) is 11.6 Å². The van der Waals surface area contributed by atoms with E-state index in [1.807, 2.05) is 25.1 Å². The lowest BCUT2D eigenvalue weighted by Gasteiger charge is -2.13. The van der Waals surface area contributed by atoms with Gasteiger partial charge in [0.1, 0.15) is 23.5 Å². The number of nitriles is 1. The summed E-state index contributed by atoms with van der Waals surface area (Å²) in [5, 5.41) is 16.4. The monoisotopic (exact) mass is 463 g/mol. The van der Waals surface area contributed by atoms with Crippen LogP contribution in [0.5, 0.6) is 0 Å². The Balaban J connectivity index is 1.53. The third-order valence-corrected chi connectivity index (χ3v) is 5.22. The minimum absolute atomic E-state index is 0.514. The van der Waals surface area contributed by atoms with Crippen molar-refractivity contribution < 1.29 is 0 Å². The van der Waals surface area contributed by atoms with Crippen molar-refractivity contribution >= 4 is 34.8 Å². The Kier molecular flexibility index (Phi) is 6.55. The molecule has 0 saturated heterocycles. The molecule has 9 heteroatoms. The molecular formula is C23H19Cl2N7. The van der Waals surface area contributed by atoms with Gasteiger partial charge in [0.25, 0.3) is 0 Å². The molecule has 3 aromatic heterocycles. The number of rotatable bonds is 7. The van der Waals surface area contributed by atoms with Gasteiger partial charge in [0.15, 0.2) is 0 Å². The van der Waals surface area contributed by atoms with Gasteiger partial charge in [0.05, 0.1) is 16.3 Å². The van der Waals surface area contributed by atoms with Gasteiger partial charge in [0, 0.05) is 47.3 Å². The first-order valence-corrected chi connectivity index (χ1v) is 10.6. The highest BCUT2D eigenvalue weighted by Crippen LogP contribution is 2.35. The van der Waals surface area contributed by atoms with E-state index in [-0.39, 0.29) is 0 Å². The van der Waals surface area contributed by atoms with Gasteiger partial charge in [-0.05, 0) is 49.4 Å². The molecule has 0 fully saturated rings. The molecule has 0 amide bonds. The number of H-pyrrole nitrogens is 1. The lowest BCUT2D eigenvalue weighted by molar-refractivity contribution is 1.04. The SMILES string of the molecule is Cc1cnc(-c2ccc(NCCNc3ccc(C#N)cn3)nc2-c2ccc(Cl)cc2Cl)[nH]1. The van der Waals surface area contributed by atoms with Crippen molar-refractivity contribution in [3.8, 4) is 28.7 Å². The van der Waals surface area contributed by atoms with Crippen LogP contribution >= 0.6 is 23.2 Å². The van der Waals surface area contributed by atoms with Crippen molar-refractivity contribution in [2.24, 2.45) is 0 Å². The molecule has 0 atom stereocenters. The number of aromatic amines is 1. The molecule has 0 saturated carbocycles. The van der Waals surface area contributed by atoms with Crippen LogP contribution in [0.1, 0.15) is 11.3 Å². The maximum atomic E-state index is 8.85. The minimum atomic E-state index is 0.514. The fraction of sp³-hybridized carbons (Fsp3) is 0.130. The van der Waals surface area contributed by atoms with E-state index in [9.17, 15) is 0 Å². The van der Waals surface area contributed by atoms with Crippen LogP contribution in [0.15, 0.2) is 54.9 Å². The Bertz CT molecular complexity index is 1280. The Hall–Kier alpha value is -3.60. The molecule has 4 rings (SSSR count). The molecule has 160 valence electrons. The number of imidazole rings is 1. The quantitative estimate of drug-likeness (QED) is 0.310. The molecule has 0 unspecified atom stereocenters. The normalized spacial score (nSPS) is 10.6. The fourth-order valence-corrected chi connectivity index (χ4v) is 3.63. The number of hydrogen-bond donors (Lipinski definition) is 3. The average molecular weight is 464 g/mol. The minimum Gasteiger partial charge on any atom is -0.368 e. The molecular weight excluding hydrogens is 445 g/mol.